The van der Waals surface area contributed by atoms with Gasteiger partial charge < -0.3 is 5.11 Å². The molecule has 19 heavy (non-hydrogen) atoms. The summed E-state index contributed by atoms with van der Waals surface area (Å²) in [5, 5.41) is 13.9. The first kappa shape index (κ1) is 11.3. The van der Waals surface area contributed by atoms with Crippen molar-refractivity contribution in [3.05, 3.63) is 48.0 Å². The zero-order valence-corrected chi connectivity index (χ0v) is 10.1. The topological polar surface area (TPSA) is 80.9 Å². The molecule has 0 spiro atoms. The summed E-state index contributed by atoms with van der Waals surface area (Å²) in [5.74, 6) is -0.503. The Kier molecular flexibility index (Phi) is 2.49. The second-order valence-electron chi connectivity index (χ2n) is 4.10. The van der Waals surface area contributed by atoms with E-state index in [0.717, 1.165) is 5.69 Å². The summed E-state index contributed by atoms with van der Waals surface area (Å²) in [6.07, 6.45) is 1.43. The van der Waals surface area contributed by atoms with Crippen LogP contribution in [-0.4, -0.2) is 30.8 Å². The molecule has 0 radical (unpaired) electrons. The fraction of sp³-hybridized carbons (Fsp3) is 0.0769. The van der Waals surface area contributed by atoms with Crippen molar-refractivity contribution >= 4 is 16.9 Å². The highest BCUT2D eigenvalue weighted by Gasteiger charge is 2.17. The Morgan fingerprint density at radius 3 is 2.79 bits per heavy atom. The maximum absolute atomic E-state index is 11.2. The van der Waals surface area contributed by atoms with Gasteiger partial charge in [0, 0.05) is 17.1 Å². The molecule has 0 saturated heterocycles. The number of carbonyl (C=O) groups is 1. The maximum Gasteiger partial charge on any atom is 0.357 e. The second-order valence-corrected chi connectivity index (χ2v) is 4.10. The number of aryl methyl sites for hydroxylation is 1. The van der Waals surface area contributed by atoms with Gasteiger partial charge in [-0.2, -0.15) is 5.10 Å². The van der Waals surface area contributed by atoms with Gasteiger partial charge in [-0.15, -0.1) is 0 Å². The number of fused-ring (bicyclic) bond motifs is 1. The molecular weight excluding hydrogens is 244 g/mol. The van der Waals surface area contributed by atoms with Gasteiger partial charge in [0.25, 0.3) is 0 Å². The summed E-state index contributed by atoms with van der Waals surface area (Å²) in [4.78, 5) is 19.4. The lowest BCUT2D eigenvalue weighted by Crippen LogP contribution is -2.03. The molecule has 0 unspecified atom stereocenters. The third kappa shape index (κ3) is 1.83. The number of nitrogens with zero attached hydrogens (tertiary/aromatic N) is 4. The molecule has 2 heterocycles. The zero-order chi connectivity index (χ0) is 13.4. The van der Waals surface area contributed by atoms with E-state index in [1.54, 1.807) is 18.2 Å². The van der Waals surface area contributed by atoms with Crippen molar-refractivity contribution in [1.82, 2.24) is 19.7 Å². The molecule has 0 atom stereocenters. The number of aromatic nitrogens is 4. The number of hydrogen-bond acceptors (Lipinski definition) is 4. The van der Waals surface area contributed by atoms with Crippen LogP contribution in [0.25, 0.3) is 16.7 Å². The van der Waals surface area contributed by atoms with Gasteiger partial charge in [-0.1, -0.05) is 18.2 Å². The predicted octanol–water partition coefficient (Wildman–Crippen LogP) is 1.82. The van der Waals surface area contributed by atoms with Crippen LogP contribution in [0.1, 0.15) is 16.2 Å². The first-order chi connectivity index (χ1) is 9.16. The van der Waals surface area contributed by atoms with Gasteiger partial charge in [0.1, 0.15) is 6.33 Å². The molecule has 0 aliphatic rings. The van der Waals surface area contributed by atoms with Gasteiger partial charge in [-0.25, -0.2) is 19.4 Å². The average Bonchev–Trinajstić information content (AvgIpc) is 2.78. The van der Waals surface area contributed by atoms with Crippen molar-refractivity contribution in [2.75, 3.05) is 0 Å². The standard InChI is InChI=1S/C13H10N4O2/c1-8-6-11(15-7-14-8)17-10-5-3-2-4-9(10)12(16-17)13(18)19/h2-7H,1H3,(H,18,19). The Labute approximate surface area is 108 Å². The number of rotatable bonds is 2. The van der Waals surface area contributed by atoms with Gasteiger partial charge in [0.2, 0.25) is 0 Å². The van der Waals surface area contributed by atoms with Crippen LogP contribution >= 0.6 is 0 Å². The van der Waals surface area contributed by atoms with Crippen molar-refractivity contribution in [1.29, 1.82) is 0 Å². The molecule has 0 bridgehead atoms. The highest BCUT2D eigenvalue weighted by Crippen LogP contribution is 2.21. The molecule has 3 rings (SSSR count). The van der Waals surface area contributed by atoms with Crippen molar-refractivity contribution in [2.24, 2.45) is 0 Å². The summed E-state index contributed by atoms with van der Waals surface area (Å²) < 4.78 is 1.52. The third-order valence-electron chi connectivity index (χ3n) is 2.80. The average molecular weight is 254 g/mol. The molecule has 0 aliphatic carbocycles. The van der Waals surface area contributed by atoms with Gasteiger partial charge in [0.15, 0.2) is 11.5 Å². The molecular formula is C13H10N4O2. The molecule has 3 aromatic rings. The molecule has 6 nitrogen and oxygen atoms in total. The SMILES string of the molecule is Cc1cc(-n2nc(C(=O)O)c3ccccc32)ncn1. The Bertz CT molecular complexity index is 779. The third-order valence-corrected chi connectivity index (χ3v) is 2.80. The van der Waals surface area contributed by atoms with Crippen molar-refractivity contribution in [3.8, 4) is 5.82 Å². The molecule has 6 heteroatoms. The van der Waals surface area contributed by atoms with E-state index in [1.165, 1.54) is 11.0 Å². The minimum absolute atomic E-state index is 0.0202. The smallest absolute Gasteiger partial charge is 0.357 e. The number of benzene rings is 1. The molecule has 0 fully saturated rings. The van der Waals surface area contributed by atoms with Crippen molar-refractivity contribution in [2.45, 2.75) is 6.92 Å². The van der Waals surface area contributed by atoms with E-state index in [0.29, 0.717) is 16.7 Å². The van der Waals surface area contributed by atoms with Crippen LogP contribution < -0.4 is 0 Å². The van der Waals surface area contributed by atoms with E-state index in [2.05, 4.69) is 15.1 Å². The van der Waals surface area contributed by atoms with Crippen LogP contribution in [0.4, 0.5) is 0 Å². The summed E-state index contributed by atoms with van der Waals surface area (Å²) in [5.41, 5.74) is 1.52. The molecule has 1 aromatic carbocycles. The fourth-order valence-electron chi connectivity index (χ4n) is 1.96. The van der Waals surface area contributed by atoms with Crippen molar-refractivity contribution < 1.29 is 9.90 Å². The second kappa shape index (κ2) is 4.16. The lowest BCUT2D eigenvalue weighted by Gasteiger charge is -2.02. The Hall–Kier alpha value is -2.76. The molecule has 0 saturated carbocycles. The summed E-state index contributed by atoms with van der Waals surface area (Å²) >= 11 is 0. The lowest BCUT2D eigenvalue weighted by atomic mass is 10.2. The van der Waals surface area contributed by atoms with Crippen LogP contribution in [0.2, 0.25) is 0 Å². The monoisotopic (exact) mass is 254 g/mol. The molecule has 94 valence electrons. The largest absolute Gasteiger partial charge is 0.476 e. The van der Waals surface area contributed by atoms with Crippen molar-refractivity contribution in [3.63, 3.8) is 0 Å². The number of para-hydroxylation sites is 1. The van der Waals surface area contributed by atoms with E-state index >= 15 is 0 Å². The van der Waals surface area contributed by atoms with E-state index in [-0.39, 0.29) is 5.69 Å². The zero-order valence-electron chi connectivity index (χ0n) is 10.1. The summed E-state index contributed by atoms with van der Waals surface area (Å²) in [7, 11) is 0. The molecule has 0 amide bonds. The number of hydrogen-bond donors (Lipinski definition) is 1. The number of carboxylic acids is 1. The summed E-state index contributed by atoms with van der Waals surface area (Å²) in [6, 6.07) is 8.92. The molecule has 1 N–H and O–H groups in total. The van der Waals surface area contributed by atoms with Crippen LogP contribution in [-0.2, 0) is 0 Å². The number of aromatic carboxylic acids is 1. The highest BCUT2D eigenvalue weighted by molar-refractivity contribution is 6.01. The summed E-state index contributed by atoms with van der Waals surface area (Å²) in [6.45, 7) is 1.84. The van der Waals surface area contributed by atoms with Gasteiger partial charge in [0.05, 0.1) is 5.52 Å². The number of carboxylic acid groups (broad SMARTS) is 1. The van der Waals surface area contributed by atoms with Crippen LogP contribution in [0.15, 0.2) is 36.7 Å². The minimum atomic E-state index is -1.05. The Morgan fingerprint density at radius 2 is 2.05 bits per heavy atom. The van der Waals surface area contributed by atoms with Gasteiger partial charge in [-0.05, 0) is 13.0 Å². The predicted molar refractivity (Wildman–Crippen MR) is 68.4 cm³/mol. The van der Waals surface area contributed by atoms with E-state index < -0.39 is 5.97 Å². The first-order valence-corrected chi connectivity index (χ1v) is 5.67. The lowest BCUT2D eigenvalue weighted by molar-refractivity contribution is 0.0692. The minimum Gasteiger partial charge on any atom is -0.476 e. The highest BCUT2D eigenvalue weighted by atomic mass is 16.4. The Balaban J connectivity index is 2.33. The van der Waals surface area contributed by atoms with Crippen LogP contribution in [0.3, 0.4) is 0 Å². The van der Waals surface area contributed by atoms with E-state index in [1.807, 2.05) is 19.1 Å². The first-order valence-electron chi connectivity index (χ1n) is 5.67. The van der Waals surface area contributed by atoms with E-state index in [4.69, 9.17) is 0 Å². The quantitative estimate of drug-likeness (QED) is 0.754. The molecule has 0 aliphatic heterocycles. The fourth-order valence-corrected chi connectivity index (χ4v) is 1.96. The van der Waals surface area contributed by atoms with Gasteiger partial charge >= 0.3 is 5.97 Å². The normalized spacial score (nSPS) is 10.8. The van der Waals surface area contributed by atoms with Crippen LogP contribution in [0, 0.1) is 6.92 Å². The maximum atomic E-state index is 11.2. The Morgan fingerprint density at radius 1 is 1.26 bits per heavy atom. The van der Waals surface area contributed by atoms with Crippen LogP contribution in [0.5, 0.6) is 0 Å². The van der Waals surface area contributed by atoms with Gasteiger partial charge in [-0.3, -0.25) is 0 Å². The van der Waals surface area contributed by atoms with E-state index in [9.17, 15) is 9.90 Å². The molecule has 2 aromatic heterocycles.